The summed E-state index contributed by atoms with van der Waals surface area (Å²) in [6.45, 7) is 8.00. The molecule has 1 aromatic carbocycles. The minimum atomic E-state index is 0.920. The van der Waals surface area contributed by atoms with Crippen LogP contribution in [0, 0.1) is 0 Å². The van der Waals surface area contributed by atoms with Gasteiger partial charge in [-0.1, -0.05) is 44.8 Å². The summed E-state index contributed by atoms with van der Waals surface area (Å²) in [6, 6.07) is 6.54. The van der Waals surface area contributed by atoms with E-state index in [1.54, 1.807) is 0 Å². The highest BCUT2D eigenvalue weighted by atomic mass is 79.9. The van der Waals surface area contributed by atoms with Gasteiger partial charge in [0.1, 0.15) is 0 Å². The topological polar surface area (TPSA) is 6.48 Å². The van der Waals surface area contributed by atoms with Crippen LogP contribution in [-0.2, 0) is 5.33 Å². The number of hydrogen-bond acceptors (Lipinski definition) is 2. The number of piperazine rings is 1. The smallest absolute Gasteiger partial charge is 0.0419 e. The monoisotopic (exact) mass is 360 g/mol. The number of likely N-dealkylation sites (N-methyl/N-ethyl adjacent to an activating group) is 1. The van der Waals surface area contributed by atoms with Crippen LogP contribution in [0.25, 0.3) is 0 Å². The van der Waals surface area contributed by atoms with Crippen LogP contribution in [0.1, 0.15) is 12.5 Å². The van der Waals surface area contributed by atoms with E-state index in [4.69, 9.17) is 0 Å². The van der Waals surface area contributed by atoms with Gasteiger partial charge in [0.25, 0.3) is 0 Å². The van der Waals surface area contributed by atoms with Crippen molar-refractivity contribution >= 4 is 37.5 Å². The van der Waals surface area contributed by atoms with E-state index < -0.39 is 0 Å². The molecule has 0 N–H and O–H groups in total. The summed E-state index contributed by atoms with van der Waals surface area (Å²) in [4.78, 5) is 5.00. The molecule has 0 bridgehead atoms. The van der Waals surface area contributed by atoms with E-state index in [1.807, 2.05) is 0 Å². The lowest BCUT2D eigenvalue weighted by Crippen LogP contribution is -2.46. The molecular weight excluding hydrogens is 344 g/mol. The Hall–Kier alpha value is -0.0600. The van der Waals surface area contributed by atoms with Crippen LogP contribution in [0.2, 0.25) is 0 Å². The fraction of sp³-hybridized carbons (Fsp3) is 0.538. The van der Waals surface area contributed by atoms with Crippen molar-refractivity contribution in [2.75, 3.05) is 37.6 Å². The van der Waals surface area contributed by atoms with Gasteiger partial charge in [0.15, 0.2) is 0 Å². The van der Waals surface area contributed by atoms with Crippen molar-refractivity contribution in [3.05, 3.63) is 28.2 Å². The molecule has 0 aliphatic carbocycles. The largest absolute Gasteiger partial charge is 0.369 e. The second-order valence-corrected chi connectivity index (χ2v) is 5.80. The van der Waals surface area contributed by atoms with Crippen molar-refractivity contribution in [2.45, 2.75) is 12.3 Å². The first-order valence-electron chi connectivity index (χ1n) is 6.06. The van der Waals surface area contributed by atoms with Crippen LogP contribution >= 0.6 is 31.9 Å². The van der Waals surface area contributed by atoms with Gasteiger partial charge in [-0.2, -0.15) is 0 Å². The molecule has 94 valence electrons. The van der Waals surface area contributed by atoms with Crippen molar-refractivity contribution in [3.63, 3.8) is 0 Å². The van der Waals surface area contributed by atoms with E-state index >= 15 is 0 Å². The molecule has 1 aliphatic heterocycles. The van der Waals surface area contributed by atoms with Crippen LogP contribution < -0.4 is 4.90 Å². The molecule has 2 rings (SSSR count). The predicted molar refractivity (Wildman–Crippen MR) is 81.1 cm³/mol. The number of rotatable bonds is 3. The molecule has 0 radical (unpaired) electrons. The Morgan fingerprint density at radius 2 is 1.88 bits per heavy atom. The van der Waals surface area contributed by atoms with Crippen molar-refractivity contribution in [3.8, 4) is 0 Å². The van der Waals surface area contributed by atoms with E-state index in [2.05, 4.69) is 66.8 Å². The Morgan fingerprint density at radius 1 is 1.18 bits per heavy atom. The van der Waals surface area contributed by atoms with Gasteiger partial charge >= 0.3 is 0 Å². The minimum absolute atomic E-state index is 0.920. The second kappa shape index (κ2) is 6.21. The molecule has 2 nitrogen and oxygen atoms in total. The van der Waals surface area contributed by atoms with Crippen LogP contribution in [0.3, 0.4) is 0 Å². The van der Waals surface area contributed by atoms with E-state index in [-0.39, 0.29) is 0 Å². The van der Waals surface area contributed by atoms with Crippen molar-refractivity contribution in [1.29, 1.82) is 0 Å². The van der Waals surface area contributed by atoms with Crippen molar-refractivity contribution in [2.24, 2.45) is 0 Å². The normalized spacial score (nSPS) is 17.5. The Labute approximate surface area is 120 Å². The quantitative estimate of drug-likeness (QED) is 0.760. The van der Waals surface area contributed by atoms with Crippen LogP contribution in [0.5, 0.6) is 0 Å². The molecule has 0 saturated carbocycles. The average Bonchev–Trinajstić information content (AvgIpc) is 2.39. The summed E-state index contributed by atoms with van der Waals surface area (Å²) in [5, 5.41) is 0.920. The average molecular weight is 362 g/mol. The third kappa shape index (κ3) is 3.24. The summed E-state index contributed by atoms with van der Waals surface area (Å²) in [5.41, 5.74) is 2.74. The number of halogens is 2. The maximum absolute atomic E-state index is 3.57. The molecule has 1 aliphatic rings. The molecule has 0 amide bonds. The lowest BCUT2D eigenvalue weighted by molar-refractivity contribution is 0.271. The Morgan fingerprint density at radius 3 is 2.47 bits per heavy atom. The lowest BCUT2D eigenvalue weighted by atomic mass is 10.1. The zero-order valence-electron chi connectivity index (χ0n) is 10.1. The van der Waals surface area contributed by atoms with Gasteiger partial charge in [0.05, 0.1) is 0 Å². The number of alkyl halides is 1. The molecule has 1 fully saturated rings. The van der Waals surface area contributed by atoms with Gasteiger partial charge in [-0.05, 0) is 24.2 Å². The molecule has 0 unspecified atom stereocenters. The second-order valence-electron chi connectivity index (χ2n) is 4.33. The number of anilines is 1. The molecule has 1 heterocycles. The molecular formula is C13H18Br2N2. The lowest BCUT2D eigenvalue weighted by Gasteiger charge is -2.36. The van der Waals surface area contributed by atoms with Crippen LogP contribution in [0.4, 0.5) is 5.69 Å². The first-order chi connectivity index (χ1) is 8.24. The third-order valence-electron chi connectivity index (χ3n) is 3.35. The number of nitrogens with zero attached hydrogens (tertiary/aromatic N) is 2. The molecule has 0 spiro atoms. The van der Waals surface area contributed by atoms with Gasteiger partial charge in [-0.15, -0.1) is 0 Å². The predicted octanol–water partition coefficient (Wildman–Crippen LogP) is 3.49. The number of benzene rings is 1. The molecule has 1 aromatic rings. The highest BCUT2D eigenvalue weighted by molar-refractivity contribution is 9.10. The fourth-order valence-corrected chi connectivity index (χ4v) is 3.07. The molecule has 0 atom stereocenters. The maximum atomic E-state index is 3.57. The molecule has 1 saturated heterocycles. The van der Waals surface area contributed by atoms with Gasteiger partial charge in [-0.3, -0.25) is 0 Å². The third-order valence-corrected chi connectivity index (χ3v) is 4.45. The Balaban J connectivity index is 2.14. The summed E-state index contributed by atoms with van der Waals surface area (Å²) in [7, 11) is 0. The van der Waals surface area contributed by atoms with E-state index in [0.717, 1.165) is 29.4 Å². The molecule has 17 heavy (non-hydrogen) atoms. The minimum Gasteiger partial charge on any atom is -0.369 e. The summed E-state index contributed by atoms with van der Waals surface area (Å²) < 4.78 is 1.16. The zero-order chi connectivity index (χ0) is 12.3. The zero-order valence-corrected chi connectivity index (χ0v) is 13.3. The van der Waals surface area contributed by atoms with E-state index in [0.29, 0.717) is 0 Å². The van der Waals surface area contributed by atoms with Gasteiger partial charge in [-0.25, -0.2) is 0 Å². The fourth-order valence-electron chi connectivity index (χ4n) is 2.25. The maximum Gasteiger partial charge on any atom is 0.0419 e. The SMILES string of the molecule is CCN1CCN(c2cc(Br)ccc2CBr)CC1. The molecule has 4 heteroatoms. The van der Waals surface area contributed by atoms with Crippen LogP contribution in [0.15, 0.2) is 22.7 Å². The van der Waals surface area contributed by atoms with E-state index in [9.17, 15) is 0 Å². The summed E-state index contributed by atoms with van der Waals surface area (Å²) >= 11 is 7.14. The van der Waals surface area contributed by atoms with Gasteiger partial charge in [0.2, 0.25) is 0 Å². The first-order valence-corrected chi connectivity index (χ1v) is 7.97. The Kier molecular flexibility index (Phi) is 4.88. The van der Waals surface area contributed by atoms with Crippen molar-refractivity contribution in [1.82, 2.24) is 4.90 Å². The van der Waals surface area contributed by atoms with E-state index in [1.165, 1.54) is 24.3 Å². The van der Waals surface area contributed by atoms with Crippen molar-refractivity contribution < 1.29 is 0 Å². The summed E-state index contributed by atoms with van der Waals surface area (Å²) in [6.07, 6.45) is 0. The Bertz CT molecular complexity index is 374. The summed E-state index contributed by atoms with van der Waals surface area (Å²) in [5.74, 6) is 0. The van der Waals surface area contributed by atoms with Gasteiger partial charge < -0.3 is 9.80 Å². The first kappa shape index (κ1) is 13.4. The molecule has 0 aromatic heterocycles. The number of hydrogen-bond donors (Lipinski definition) is 0. The standard InChI is InChI=1S/C13H18Br2N2/c1-2-16-5-7-17(8-6-16)13-9-12(15)4-3-11(13)10-14/h3-4,9H,2,5-8,10H2,1H3. The highest BCUT2D eigenvalue weighted by Crippen LogP contribution is 2.27. The highest BCUT2D eigenvalue weighted by Gasteiger charge is 2.17. The van der Waals surface area contributed by atoms with Crippen LogP contribution in [-0.4, -0.2) is 37.6 Å². The van der Waals surface area contributed by atoms with Gasteiger partial charge in [0, 0.05) is 41.7 Å².